The molecule has 1 aliphatic heterocycles. The number of rotatable bonds is 2. The van der Waals surface area contributed by atoms with Gasteiger partial charge in [-0.25, -0.2) is 0 Å². The van der Waals surface area contributed by atoms with Gasteiger partial charge in [-0.15, -0.1) is 0 Å². The van der Waals surface area contributed by atoms with Crippen molar-refractivity contribution in [2.75, 3.05) is 20.2 Å². The standard InChI is InChI=1S/C22H35NO6/c1-4-23-10-18(2)6-5-15(24)21-13-7-11-12(29-3)8-20(27,22(13,28)16(11)25)19(26,17(21)23)9-14(18)21/h11-17,24-28H,4-10H2,1-3H3/t11-,12-,13+,14-,15+,16+,17-,18+,19+,20+,21-,22+/m1/s1. The van der Waals surface area contributed by atoms with Crippen LogP contribution in [0, 0.1) is 28.6 Å². The number of hydrogen-bond donors (Lipinski definition) is 5. The minimum atomic E-state index is -1.87. The number of nitrogens with zero attached hydrogens (tertiary/aromatic N) is 1. The number of aliphatic hydroxyl groups excluding tert-OH is 2. The predicted octanol–water partition coefficient (Wildman–Crippen LogP) is -0.520. The van der Waals surface area contributed by atoms with Crippen LogP contribution < -0.4 is 0 Å². The first kappa shape index (κ1) is 19.4. The Morgan fingerprint density at radius 2 is 1.83 bits per heavy atom. The molecule has 12 atom stereocenters. The second-order valence-corrected chi connectivity index (χ2v) is 11.4. The molecule has 164 valence electrons. The van der Waals surface area contributed by atoms with Gasteiger partial charge in [0.15, 0.2) is 0 Å². The highest BCUT2D eigenvalue weighted by Crippen LogP contribution is 2.80. The van der Waals surface area contributed by atoms with Crippen molar-refractivity contribution in [2.24, 2.45) is 28.6 Å². The zero-order valence-electron chi connectivity index (χ0n) is 17.6. The van der Waals surface area contributed by atoms with Crippen LogP contribution in [0.5, 0.6) is 0 Å². The number of fused-ring (bicyclic) bond motifs is 2. The summed E-state index contributed by atoms with van der Waals surface area (Å²) in [5.74, 6) is -0.766. The van der Waals surface area contributed by atoms with E-state index in [2.05, 4.69) is 18.7 Å². The average Bonchev–Trinajstić information content (AvgIpc) is 3.04. The van der Waals surface area contributed by atoms with Crippen molar-refractivity contribution in [3.63, 3.8) is 0 Å². The van der Waals surface area contributed by atoms with Gasteiger partial charge in [0.2, 0.25) is 0 Å². The summed E-state index contributed by atoms with van der Waals surface area (Å²) >= 11 is 0. The number of hydrogen-bond acceptors (Lipinski definition) is 7. The maximum atomic E-state index is 12.3. The lowest BCUT2D eigenvalue weighted by Crippen LogP contribution is -2.87. The molecular weight excluding hydrogens is 374 g/mol. The molecule has 29 heavy (non-hydrogen) atoms. The van der Waals surface area contributed by atoms with Crippen LogP contribution in [-0.2, 0) is 4.74 Å². The fourth-order valence-corrected chi connectivity index (χ4v) is 10.1. The van der Waals surface area contributed by atoms with Crippen molar-refractivity contribution < 1.29 is 30.3 Å². The SMILES string of the molecule is CCN1C[C@]2(C)CC[C@H](O)[C@@]34[C@@H]2C[C@](O)([C@@H]13)[C@@]1(O)C[C@@H](OC)[C@H]2C[C@@H]4[C@]1(O)[C@H]2O. The molecule has 7 heteroatoms. The van der Waals surface area contributed by atoms with Crippen molar-refractivity contribution in [3.8, 4) is 0 Å². The number of piperidine rings is 1. The molecule has 0 radical (unpaired) electrons. The highest BCUT2D eigenvalue weighted by molar-refractivity contribution is 5.42. The van der Waals surface area contributed by atoms with Crippen LogP contribution in [0.1, 0.15) is 46.0 Å². The molecule has 7 bridgehead atoms. The van der Waals surface area contributed by atoms with Crippen molar-refractivity contribution in [1.29, 1.82) is 0 Å². The fraction of sp³-hybridized carbons (Fsp3) is 1.00. The number of likely N-dealkylation sites (N-methyl/N-ethyl adjacent to an activating group) is 1. The lowest BCUT2D eigenvalue weighted by atomic mass is 9.41. The molecule has 5 N–H and O–H groups in total. The van der Waals surface area contributed by atoms with E-state index >= 15 is 0 Å². The van der Waals surface area contributed by atoms with E-state index in [1.165, 1.54) is 0 Å². The number of aliphatic hydroxyl groups is 5. The summed E-state index contributed by atoms with van der Waals surface area (Å²) in [6.45, 7) is 5.86. The van der Waals surface area contributed by atoms with E-state index in [1.807, 2.05) is 0 Å². The number of methoxy groups -OCH3 is 1. The van der Waals surface area contributed by atoms with Crippen LogP contribution in [0.3, 0.4) is 0 Å². The summed E-state index contributed by atoms with van der Waals surface area (Å²) in [4.78, 5) is 2.25. The molecule has 1 saturated heterocycles. The molecule has 5 aliphatic carbocycles. The lowest BCUT2D eigenvalue weighted by Gasteiger charge is -2.71. The fourth-order valence-electron chi connectivity index (χ4n) is 10.1. The number of likely N-dealkylation sites (tertiary alicyclic amines) is 1. The first-order valence-corrected chi connectivity index (χ1v) is 11.4. The molecule has 6 fully saturated rings. The van der Waals surface area contributed by atoms with Crippen molar-refractivity contribution in [2.45, 2.75) is 87.1 Å². The number of ether oxygens (including phenoxy) is 1. The van der Waals surface area contributed by atoms with Crippen molar-refractivity contribution in [3.05, 3.63) is 0 Å². The molecule has 0 aromatic rings. The molecule has 0 aromatic carbocycles. The second-order valence-electron chi connectivity index (χ2n) is 11.4. The Morgan fingerprint density at radius 1 is 1.10 bits per heavy atom. The quantitative estimate of drug-likeness (QED) is 0.417. The average molecular weight is 410 g/mol. The second kappa shape index (κ2) is 5.20. The Kier molecular flexibility index (Phi) is 3.48. The summed E-state index contributed by atoms with van der Waals surface area (Å²) in [5.41, 5.74) is -6.12. The van der Waals surface area contributed by atoms with Crippen molar-refractivity contribution >= 4 is 0 Å². The van der Waals surface area contributed by atoms with Gasteiger partial charge in [-0.1, -0.05) is 13.8 Å². The van der Waals surface area contributed by atoms with Gasteiger partial charge in [-0.3, -0.25) is 4.90 Å². The third kappa shape index (κ3) is 1.61. The van der Waals surface area contributed by atoms with Gasteiger partial charge in [-0.2, -0.15) is 0 Å². The topological polar surface area (TPSA) is 114 Å². The summed E-state index contributed by atoms with van der Waals surface area (Å²) in [7, 11) is 1.57. The van der Waals surface area contributed by atoms with E-state index < -0.39 is 52.5 Å². The third-order valence-corrected chi connectivity index (χ3v) is 10.9. The Balaban J connectivity index is 1.67. The van der Waals surface area contributed by atoms with Gasteiger partial charge in [-0.05, 0) is 43.6 Å². The highest BCUT2D eigenvalue weighted by Gasteiger charge is 2.91. The van der Waals surface area contributed by atoms with E-state index in [1.54, 1.807) is 7.11 Å². The largest absolute Gasteiger partial charge is 0.392 e. The van der Waals surface area contributed by atoms with E-state index in [4.69, 9.17) is 4.74 Å². The van der Waals surface area contributed by atoms with Gasteiger partial charge in [0, 0.05) is 37.3 Å². The molecule has 5 saturated carbocycles. The molecule has 6 rings (SSSR count). The van der Waals surface area contributed by atoms with E-state index in [0.29, 0.717) is 25.8 Å². The van der Waals surface area contributed by atoms with Crippen LogP contribution in [0.15, 0.2) is 0 Å². The van der Waals surface area contributed by atoms with Crippen molar-refractivity contribution in [1.82, 2.24) is 4.90 Å². The molecular formula is C22H35NO6. The van der Waals surface area contributed by atoms with Gasteiger partial charge in [0.25, 0.3) is 0 Å². The normalized spacial score (nSPS) is 67.7. The molecule has 7 nitrogen and oxygen atoms in total. The maximum Gasteiger partial charge on any atom is 0.129 e. The van der Waals surface area contributed by atoms with Gasteiger partial charge in [0.05, 0.1) is 24.4 Å². The predicted molar refractivity (Wildman–Crippen MR) is 103 cm³/mol. The lowest BCUT2D eigenvalue weighted by molar-refractivity contribution is -0.364. The monoisotopic (exact) mass is 409 g/mol. The summed E-state index contributed by atoms with van der Waals surface area (Å²) < 4.78 is 5.66. The van der Waals surface area contributed by atoms with Crippen LogP contribution in [-0.4, -0.2) is 91.8 Å². The zero-order valence-corrected chi connectivity index (χ0v) is 17.6. The first-order chi connectivity index (χ1) is 13.6. The Morgan fingerprint density at radius 3 is 2.48 bits per heavy atom. The smallest absolute Gasteiger partial charge is 0.129 e. The van der Waals surface area contributed by atoms with E-state index in [0.717, 1.165) is 13.0 Å². The Labute approximate surface area is 171 Å². The minimum absolute atomic E-state index is 0.00662. The first-order valence-electron chi connectivity index (χ1n) is 11.4. The summed E-state index contributed by atoms with van der Waals surface area (Å²) in [6.07, 6.45) is 0.207. The molecule has 0 aromatic heterocycles. The van der Waals surface area contributed by atoms with Gasteiger partial charge in [0.1, 0.15) is 16.8 Å². The summed E-state index contributed by atoms with van der Waals surface area (Å²) in [6, 6.07) is -0.426. The molecule has 1 heterocycles. The Bertz CT molecular complexity index is 766. The molecule has 0 amide bonds. The van der Waals surface area contributed by atoms with Crippen LogP contribution in [0.2, 0.25) is 0 Å². The molecule has 6 aliphatic rings. The van der Waals surface area contributed by atoms with E-state index in [-0.39, 0.29) is 23.7 Å². The van der Waals surface area contributed by atoms with E-state index in [9.17, 15) is 25.5 Å². The van der Waals surface area contributed by atoms with Gasteiger partial charge < -0.3 is 30.3 Å². The molecule has 0 unspecified atom stereocenters. The van der Waals surface area contributed by atoms with Crippen LogP contribution in [0.25, 0.3) is 0 Å². The minimum Gasteiger partial charge on any atom is -0.392 e. The van der Waals surface area contributed by atoms with Crippen LogP contribution >= 0.6 is 0 Å². The summed E-state index contributed by atoms with van der Waals surface area (Å²) in [5, 5.41) is 59.4. The maximum absolute atomic E-state index is 12.3. The van der Waals surface area contributed by atoms with Gasteiger partial charge >= 0.3 is 0 Å². The highest BCUT2D eigenvalue weighted by atomic mass is 16.5. The van der Waals surface area contributed by atoms with Crippen LogP contribution in [0.4, 0.5) is 0 Å². The zero-order chi connectivity index (χ0) is 20.8. The third-order valence-electron chi connectivity index (χ3n) is 10.9. The molecule has 1 spiro atoms. The Hall–Kier alpha value is -0.280.